The van der Waals surface area contributed by atoms with Gasteiger partial charge in [0, 0.05) is 0 Å². The first kappa shape index (κ1) is 11.2. The molecule has 0 fully saturated rings. The minimum Gasteiger partial charge on any atom is -0.0877 e. The molecule has 0 saturated heterocycles. The van der Waals surface area contributed by atoms with E-state index in [0.29, 0.717) is 0 Å². The maximum absolute atomic E-state index is 2.23. The minimum atomic E-state index is 1.23. The van der Waals surface area contributed by atoms with E-state index in [1.165, 1.54) is 24.8 Å². The van der Waals surface area contributed by atoms with Crippen molar-refractivity contribution in [3.05, 3.63) is 36.0 Å². The molecule has 0 spiro atoms. The number of unbranched alkanes of at least 4 members (excludes halogenated alkanes) is 1. The van der Waals surface area contributed by atoms with Gasteiger partial charge in [-0.1, -0.05) is 49.3 Å². The van der Waals surface area contributed by atoms with Gasteiger partial charge >= 0.3 is 0 Å². The summed E-state index contributed by atoms with van der Waals surface area (Å²) in [6, 6.07) is 0. The van der Waals surface area contributed by atoms with Gasteiger partial charge in [-0.25, -0.2) is 0 Å². The zero-order valence-electron chi connectivity index (χ0n) is 8.51. The van der Waals surface area contributed by atoms with Gasteiger partial charge in [0.15, 0.2) is 0 Å². The summed E-state index contributed by atoms with van der Waals surface area (Å²) in [6.45, 7) is 6.44. The van der Waals surface area contributed by atoms with Crippen molar-refractivity contribution in [2.75, 3.05) is 0 Å². The second-order valence-corrected chi connectivity index (χ2v) is 3.03. The molecule has 0 amide bonds. The maximum Gasteiger partial charge on any atom is -0.0320 e. The highest BCUT2D eigenvalue weighted by Crippen LogP contribution is 2.05. The SMILES string of the molecule is C/C=C/C=C\C=C(/C)CCCC. The summed E-state index contributed by atoms with van der Waals surface area (Å²) in [6.07, 6.45) is 14.3. The van der Waals surface area contributed by atoms with Crippen LogP contribution >= 0.6 is 0 Å². The van der Waals surface area contributed by atoms with Gasteiger partial charge in [0.05, 0.1) is 0 Å². The standard InChI is InChI=1S/C12H20/c1-4-6-8-9-11-12(3)10-7-5-2/h4,6,8-9,11H,5,7,10H2,1-3H3/b6-4+,9-8-,12-11+. The lowest BCUT2D eigenvalue weighted by Crippen LogP contribution is -1.75. The molecule has 0 heterocycles. The highest BCUT2D eigenvalue weighted by molar-refractivity contribution is 5.14. The van der Waals surface area contributed by atoms with E-state index in [9.17, 15) is 0 Å². The molecular weight excluding hydrogens is 144 g/mol. The van der Waals surface area contributed by atoms with Gasteiger partial charge in [-0.3, -0.25) is 0 Å². The molecule has 0 aromatic heterocycles. The van der Waals surface area contributed by atoms with Gasteiger partial charge < -0.3 is 0 Å². The van der Waals surface area contributed by atoms with Crippen molar-refractivity contribution in [1.29, 1.82) is 0 Å². The largest absolute Gasteiger partial charge is 0.0877 e. The lowest BCUT2D eigenvalue weighted by atomic mass is 10.1. The van der Waals surface area contributed by atoms with Crippen LogP contribution in [0.25, 0.3) is 0 Å². The Labute approximate surface area is 76.7 Å². The molecule has 0 saturated carbocycles. The van der Waals surface area contributed by atoms with Gasteiger partial charge in [0.2, 0.25) is 0 Å². The average Bonchev–Trinajstić information content (AvgIpc) is 2.09. The van der Waals surface area contributed by atoms with E-state index >= 15 is 0 Å². The molecule has 68 valence electrons. The first-order valence-electron chi connectivity index (χ1n) is 4.76. The van der Waals surface area contributed by atoms with Crippen molar-refractivity contribution in [3.8, 4) is 0 Å². The lowest BCUT2D eigenvalue weighted by Gasteiger charge is -1.95. The van der Waals surface area contributed by atoms with Crippen LogP contribution in [0.2, 0.25) is 0 Å². The molecule has 0 nitrogen and oxygen atoms in total. The predicted octanol–water partition coefficient (Wildman–Crippen LogP) is 4.26. The molecule has 0 rings (SSSR count). The molecule has 0 aliphatic rings. The van der Waals surface area contributed by atoms with E-state index in [-0.39, 0.29) is 0 Å². The number of rotatable bonds is 5. The van der Waals surface area contributed by atoms with Crippen LogP contribution in [-0.4, -0.2) is 0 Å². The molecule has 0 bridgehead atoms. The fourth-order valence-corrected chi connectivity index (χ4v) is 0.934. The molecule has 0 N–H and O–H groups in total. The van der Waals surface area contributed by atoms with E-state index in [1.54, 1.807) is 0 Å². The van der Waals surface area contributed by atoms with Crippen LogP contribution in [0.5, 0.6) is 0 Å². The van der Waals surface area contributed by atoms with Gasteiger partial charge in [-0.05, 0) is 26.7 Å². The molecule has 0 atom stereocenters. The number of hydrogen-bond acceptors (Lipinski definition) is 0. The molecule has 0 aliphatic heterocycles. The van der Waals surface area contributed by atoms with Crippen molar-refractivity contribution in [2.24, 2.45) is 0 Å². The average molecular weight is 164 g/mol. The van der Waals surface area contributed by atoms with E-state index in [2.05, 4.69) is 32.1 Å². The first-order valence-corrected chi connectivity index (χ1v) is 4.76. The predicted molar refractivity (Wildman–Crippen MR) is 57.2 cm³/mol. The summed E-state index contributed by atoms with van der Waals surface area (Å²) in [7, 11) is 0. The monoisotopic (exact) mass is 164 g/mol. The Hall–Kier alpha value is -0.780. The normalized spacial score (nSPS) is 13.4. The number of allylic oxidation sites excluding steroid dienone is 6. The Kier molecular flexibility index (Phi) is 7.78. The summed E-state index contributed by atoms with van der Waals surface area (Å²) in [5.74, 6) is 0. The summed E-state index contributed by atoms with van der Waals surface area (Å²) in [5.41, 5.74) is 1.47. The second-order valence-electron chi connectivity index (χ2n) is 3.03. The third-order valence-electron chi connectivity index (χ3n) is 1.72. The van der Waals surface area contributed by atoms with E-state index in [4.69, 9.17) is 0 Å². The Morgan fingerprint density at radius 3 is 2.50 bits per heavy atom. The van der Waals surface area contributed by atoms with E-state index in [0.717, 1.165) is 0 Å². The maximum atomic E-state index is 2.23. The van der Waals surface area contributed by atoms with E-state index < -0.39 is 0 Å². The molecule has 0 aromatic rings. The minimum absolute atomic E-state index is 1.23. The van der Waals surface area contributed by atoms with Crippen LogP contribution in [0, 0.1) is 0 Å². The van der Waals surface area contributed by atoms with E-state index in [1.807, 2.05) is 19.1 Å². The fourth-order valence-electron chi connectivity index (χ4n) is 0.934. The van der Waals surface area contributed by atoms with Crippen LogP contribution in [0.4, 0.5) is 0 Å². The summed E-state index contributed by atoms with van der Waals surface area (Å²) < 4.78 is 0. The molecule has 0 heteroatoms. The second kappa shape index (κ2) is 8.32. The van der Waals surface area contributed by atoms with Crippen molar-refractivity contribution < 1.29 is 0 Å². The third-order valence-corrected chi connectivity index (χ3v) is 1.72. The summed E-state index contributed by atoms with van der Waals surface area (Å²) in [5, 5.41) is 0. The van der Waals surface area contributed by atoms with Crippen molar-refractivity contribution >= 4 is 0 Å². The van der Waals surface area contributed by atoms with Crippen LogP contribution in [-0.2, 0) is 0 Å². The fraction of sp³-hybridized carbons (Fsp3) is 0.500. The molecular formula is C12H20. The topological polar surface area (TPSA) is 0 Å². The van der Waals surface area contributed by atoms with Crippen LogP contribution in [0.3, 0.4) is 0 Å². The Morgan fingerprint density at radius 1 is 1.17 bits per heavy atom. The zero-order chi connectivity index (χ0) is 9.23. The molecule has 12 heavy (non-hydrogen) atoms. The molecule has 0 radical (unpaired) electrons. The van der Waals surface area contributed by atoms with Gasteiger partial charge in [-0.2, -0.15) is 0 Å². The molecule has 0 aliphatic carbocycles. The third kappa shape index (κ3) is 7.33. The van der Waals surface area contributed by atoms with Crippen molar-refractivity contribution in [3.63, 3.8) is 0 Å². The summed E-state index contributed by atoms with van der Waals surface area (Å²) in [4.78, 5) is 0. The van der Waals surface area contributed by atoms with Gasteiger partial charge in [0.1, 0.15) is 0 Å². The Morgan fingerprint density at radius 2 is 1.92 bits per heavy atom. The van der Waals surface area contributed by atoms with Crippen molar-refractivity contribution in [2.45, 2.75) is 40.0 Å². The first-order chi connectivity index (χ1) is 5.81. The Bertz CT molecular complexity index is 170. The van der Waals surface area contributed by atoms with Crippen LogP contribution in [0.1, 0.15) is 40.0 Å². The van der Waals surface area contributed by atoms with Crippen LogP contribution < -0.4 is 0 Å². The lowest BCUT2D eigenvalue weighted by molar-refractivity contribution is 0.787. The highest BCUT2D eigenvalue weighted by atomic mass is 13.9. The number of hydrogen-bond donors (Lipinski definition) is 0. The Balaban J connectivity index is 3.67. The van der Waals surface area contributed by atoms with Crippen LogP contribution in [0.15, 0.2) is 36.0 Å². The van der Waals surface area contributed by atoms with Gasteiger partial charge in [-0.15, -0.1) is 0 Å². The quantitative estimate of drug-likeness (QED) is 0.533. The van der Waals surface area contributed by atoms with Crippen molar-refractivity contribution in [1.82, 2.24) is 0 Å². The zero-order valence-corrected chi connectivity index (χ0v) is 8.51. The van der Waals surface area contributed by atoms with Gasteiger partial charge in [0.25, 0.3) is 0 Å². The molecule has 0 unspecified atom stereocenters. The molecule has 0 aromatic carbocycles. The summed E-state index contributed by atoms with van der Waals surface area (Å²) >= 11 is 0. The highest BCUT2D eigenvalue weighted by Gasteiger charge is 1.85. The smallest absolute Gasteiger partial charge is 0.0320 e.